The number of carbonyl (C=O) groups excluding carboxylic acids is 2. The lowest BCUT2D eigenvalue weighted by atomic mass is 10.0. The summed E-state index contributed by atoms with van der Waals surface area (Å²) in [6, 6.07) is 16.3. The average molecular weight is 447 g/mol. The molecule has 0 radical (unpaired) electrons. The summed E-state index contributed by atoms with van der Waals surface area (Å²) in [6.07, 6.45) is -0.256. The summed E-state index contributed by atoms with van der Waals surface area (Å²) in [6.45, 7) is 0. The monoisotopic (exact) mass is 447 g/mol. The first-order chi connectivity index (χ1) is 15.3. The van der Waals surface area contributed by atoms with Crippen LogP contribution in [0, 0.1) is 5.92 Å². The Bertz CT molecular complexity index is 937. The van der Waals surface area contributed by atoms with E-state index in [2.05, 4.69) is 10.1 Å². The molecule has 1 aliphatic rings. The van der Waals surface area contributed by atoms with E-state index in [1.165, 1.54) is 0 Å². The lowest BCUT2D eigenvalue weighted by Gasteiger charge is -2.18. The van der Waals surface area contributed by atoms with Gasteiger partial charge in [-0.1, -0.05) is 74.2 Å². The third kappa shape index (κ3) is 7.14. The summed E-state index contributed by atoms with van der Waals surface area (Å²) in [5, 5.41) is 2.32. The molecule has 0 spiro atoms. The second-order valence-corrected chi connectivity index (χ2v) is 7.56. The molecule has 1 fully saturated rings. The first-order valence-electron chi connectivity index (χ1n) is 10.4. The molecule has 1 aliphatic carbocycles. The molecule has 1 saturated carbocycles. The third-order valence-corrected chi connectivity index (χ3v) is 5.16. The van der Waals surface area contributed by atoms with E-state index < -0.39 is 23.9 Å². The van der Waals surface area contributed by atoms with Gasteiger partial charge in [-0.3, -0.25) is 4.79 Å². The maximum Gasteiger partial charge on any atom is 0.575 e. The van der Waals surface area contributed by atoms with Crippen molar-refractivity contribution in [3.8, 4) is 5.75 Å². The van der Waals surface area contributed by atoms with Crippen LogP contribution >= 0.6 is 0 Å². The molecule has 5 nitrogen and oxygen atoms in total. The largest absolute Gasteiger partial charge is 0.575 e. The fourth-order valence-corrected chi connectivity index (χ4v) is 3.64. The Morgan fingerprint density at radius 2 is 1.53 bits per heavy atom. The molecule has 0 saturated heterocycles. The molecule has 32 heavy (non-hydrogen) atoms. The molecule has 1 N–H and O–H groups in total. The van der Waals surface area contributed by atoms with E-state index >= 15 is 0 Å². The number of rotatable bonds is 8. The Morgan fingerprint density at radius 1 is 0.938 bits per heavy atom. The average Bonchev–Trinajstić information content (AvgIpc) is 3.28. The van der Waals surface area contributed by atoms with Crippen LogP contribution in [0.5, 0.6) is 5.75 Å². The van der Waals surface area contributed by atoms with Gasteiger partial charge >= 0.3 is 12.3 Å². The zero-order chi connectivity index (χ0) is 23.0. The zero-order valence-electron chi connectivity index (χ0n) is 17.4. The molecule has 3 rings (SSSR count). The highest BCUT2D eigenvalue weighted by atomic mass is 19.4. The van der Waals surface area contributed by atoms with Gasteiger partial charge in [-0.05, 0) is 24.5 Å². The second kappa shape index (κ2) is 10.8. The van der Waals surface area contributed by atoms with Crippen LogP contribution in [-0.4, -0.2) is 18.2 Å². The maximum atomic E-state index is 12.8. The van der Waals surface area contributed by atoms with Gasteiger partial charge in [-0.2, -0.15) is 0 Å². The summed E-state index contributed by atoms with van der Waals surface area (Å²) in [5.74, 6) is -1.87. The van der Waals surface area contributed by atoms with Crippen molar-refractivity contribution in [1.82, 2.24) is 5.32 Å². The van der Waals surface area contributed by atoms with Crippen LogP contribution in [0.2, 0.25) is 0 Å². The molecular weight excluding hydrogens is 423 g/mol. The number of nitrogens with one attached hydrogen (secondary N) is 1. The Balaban J connectivity index is 1.94. The number of amides is 1. The van der Waals surface area contributed by atoms with E-state index in [1.54, 1.807) is 60.7 Å². The summed E-state index contributed by atoms with van der Waals surface area (Å²) >= 11 is 0. The number of hydrogen-bond donors (Lipinski definition) is 1. The van der Waals surface area contributed by atoms with Crippen LogP contribution in [0.4, 0.5) is 13.2 Å². The van der Waals surface area contributed by atoms with Crippen molar-refractivity contribution in [2.75, 3.05) is 0 Å². The number of ether oxygens (including phenoxy) is 2. The van der Waals surface area contributed by atoms with Crippen LogP contribution < -0.4 is 10.1 Å². The van der Waals surface area contributed by atoms with Crippen LogP contribution in [0.25, 0.3) is 5.76 Å². The van der Waals surface area contributed by atoms with Crippen LogP contribution in [-0.2, 0) is 14.3 Å². The van der Waals surface area contributed by atoms with Crippen molar-refractivity contribution in [1.29, 1.82) is 0 Å². The Hall–Kier alpha value is -3.29. The fraction of sp³-hybridized carbons (Fsp3) is 0.333. The molecule has 8 heteroatoms. The second-order valence-electron chi connectivity index (χ2n) is 7.56. The van der Waals surface area contributed by atoms with Gasteiger partial charge in [0.1, 0.15) is 5.75 Å². The maximum absolute atomic E-state index is 12.8. The predicted octanol–water partition coefficient (Wildman–Crippen LogP) is 5.58. The van der Waals surface area contributed by atoms with Gasteiger partial charge in [0.2, 0.25) is 5.91 Å². The van der Waals surface area contributed by atoms with E-state index in [9.17, 15) is 22.8 Å². The lowest BCUT2D eigenvalue weighted by molar-refractivity contribution is -0.303. The van der Waals surface area contributed by atoms with Crippen molar-refractivity contribution in [3.05, 3.63) is 71.9 Å². The van der Waals surface area contributed by atoms with Crippen LogP contribution in [0.15, 0.2) is 66.4 Å². The van der Waals surface area contributed by atoms with E-state index in [1.807, 2.05) is 0 Å². The standard InChI is InChI=1S/C24H24F3NO4/c25-24(26,27)32-23(30)21(28-20(29)16-15-17-9-7-8-10-17)22(18-11-3-1-4-12-18)31-19-13-5-2-6-14-19/h1-6,11-14,17H,7-10,15-16H2,(H,28,29). The van der Waals surface area contributed by atoms with Crippen molar-refractivity contribution in [2.45, 2.75) is 44.9 Å². The molecule has 0 atom stereocenters. The topological polar surface area (TPSA) is 64.6 Å². The molecular formula is C24H24F3NO4. The zero-order valence-corrected chi connectivity index (χ0v) is 17.4. The van der Waals surface area contributed by atoms with Crippen LogP contribution in [0.1, 0.15) is 44.1 Å². The van der Waals surface area contributed by atoms with Crippen molar-refractivity contribution in [3.63, 3.8) is 0 Å². The van der Waals surface area contributed by atoms with Gasteiger partial charge in [-0.15, -0.1) is 13.2 Å². The SMILES string of the molecule is O=C(CCC1CCCC1)NC(C(=O)OC(F)(F)F)=C(Oc1ccccc1)c1ccccc1. The minimum absolute atomic E-state index is 0.0842. The molecule has 170 valence electrons. The lowest BCUT2D eigenvalue weighted by Crippen LogP contribution is -2.33. The fourth-order valence-electron chi connectivity index (χ4n) is 3.64. The predicted molar refractivity (Wildman–Crippen MR) is 112 cm³/mol. The van der Waals surface area contributed by atoms with Crippen molar-refractivity contribution >= 4 is 17.6 Å². The van der Waals surface area contributed by atoms with Gasteiger partial charge in [0.25, 0.3) is 0 Å². The number of carbonyl (C=O) groups is 2. The van der Waals surface area contributed by atoms with Crippen molar-refractivity contribution in [2.24, 2.45) is 5.92 Å². The van der Waals surface area contributed by atoms with Gasteiger partial charge in [-0.25, -0.2) is 4.79 Å². The van der Waals surface area contributed by atoms with Gasteiger partial charge < -0.3 is 14.8 Å². The van der Waals surface area contributed by atoms with E-state index in [0.29, 0.717) is 17.9 Å². The number of esters is 1. The summed E-state index contributed by atoms with van der Waals surface area (Å²) in [4.78, 5) is 25.0. The highest BCUT2D eigenvalue weighted by molar-refractivity contribution is 6.00. The molecule has 0 aliphatic heterocycles. The van der Waals surface area contributed by atoms with E-state index in [4.69, 9.17) is 4.74 Å². The number of para-hydroxylation sites is 1. The third-order valence-electron chi connectivity index (χ3n) is 5.16. The highest BCUT2D eigenvalue weighted by Crippen LogP contribution is 2.29. The Kier molecular flexibility index (Phi) is 7.92. The molecule has 0 unspecified atom stereocenters. The molecule has 0 heterocycles. The van der Waals surface area contributed by atoms with Crippen LogP contribution in [0.3, 0.4) is 0 Å². The summed E-state index contributed by atoms with van der Waals surface area (Å²) in [5.41, 5.74) is -0.393. The number of halogens is 3. The van der Waals surface area contributed by atoms with E-state index in [0.717, 1.165) is 25.7 Å². The van der Waals surface area contributed by atoms with E-state index in [-0.39, 0.29) is 17.9 Å². The molecule has 0 aromatic heterocycles. The molecule has 0 bridgehead atoms. The van der Waals surface area contributed by atoms with Gasteiger partial charge in [0.05, 0.1) is 0 Å². The number of benzene rings is 2. The number of hydrogen-bond acceptors (Lipinski definition) is 4. The highest BCUT2D eigenvalue weighted by Gasteiger charge is 2.37. The first-order valence-corrected chi connectivity index (χ1v) is 10.4. The minimum atomic E-state index is -5.22. The van der Waals surface area contributed by atoms with Crippen molar-refractivity contribution < 1.29 is 32.2 Å². The smallest absolute Gasteiger partial charge is 0.454 e. The minimum Gasteiger partial charge on any atom is -0.454 e. The van der Waals surface area contributed by atoms with Gasteiger partial charge in [0.15, 0.2) is 11.5 Å². The summed E-state index contributed by atoms with van der Waals surface area (Å²) in [7, 11) is 0. The normalized spacial score (nSPS) is 15.1. The molecule has 1 amide bonds. The quantitative estimate of drug-likeness (QED) is 0.326. The first kappa shape index (κ1) is 23.4. The van der Waals surface area contributed by atoms with Gasteiger partial charge in [0, 0.05) is 12.0 Å². The Labute approximate surface area is 184 Å². The molecule has 2 aromatic carbocycles. The number of alkyl halides is 3. The Morgan fingerprint density at radius 3 is 2.12 bits per heavy atom. The summed E-state index contributed by atoms with van der Waals surface area (Å²) < 4.78 is 47.9. The molecule has 2 aromatic rings.